The third kappa shape index (κ3) is 1.75. The van der Waals surface area contributed by atoms with Crippen LogP contribution in [0.2, 0.25) is 0 Å². The molecule has 0 aromatic heterocycles. The highest BCUT2D eigenvalue weighted by molar-refractivity contribution is 6.06. The fraction of sp³-hybridized carbons (Fsp3) is 0.273. The van der Waals surface area contributed by atoms with Crippen LogP contribution in [0, 0.1) is 11.6 Å². The number of benzene rings is 1. The van der Waals surface area contributed by atoms with Crippen LogP contribution >= 0.6 is 0 Å². The van der Waals surface area contributed by atoms with Gasteiger partial charge in [0.25, 0.3) is 0 Å². The molecule has 0 aliphatic carbocycles. The molecule has 1 aromatic carbocycles. The molecule has 1 N–H and O–H groups in total. The summed E-state index contributed by atoms with van der Waals surface area (Å²) in [6, 6.07) is 3.80. The molecule has 17 heavy (non-hydrogen) atoms. The fourth-order valence-corrected chi connectivity index (χ4v) is 1.91. The Morgan fingerprint density at radius 3 is 2.94 bits per heavy atom. The summed E-state index contributed by atoms with van der Waals surface area (Å²) in [6.07, 6.45) is 0. The van der Waals surface area contributed by atoms with Gasteiger partial charge in [-0.3, -0.25) is 0 Å². The smallest absolute Gasteiger partial charge is 0.215 e. The van der Waals surface area contributed by atoms with E-state index < -0.39 is 11.6 Å². The number of nitrogens with one attached hydrogen (secondary N) is 1. The van der Waals surface area contributed by atoms with Crippen molar-refractivity contribution in [2.45, 2.75) is 0 Å². The summed E-state index contributed by atoms with van der Waals surface area (Å²) in [6.45, 7) is 2.13. The lowest BCUT2D eigenvalue weighted by atomic mass is 10.1. The highest BCUT2D eigenvalue weighted by Crippen LogP contribution is 2.13. The number of guanidine groups is 1. The molecule has 0 unspecified atom stereocenters. The topological polar surface area (TPSA) is 40.0 Å². The third-order valence-electron chi connectivity index (χ3n) is 2.82. The van der Waals surface area contributed by atoms with Crippen LogP contribution in [0.3, 0.4) is 0 Å². The summed E-state index contributed by atoms with van der Waals surface area (Å²) in [4.78, 5) is 6.23. The third-order valence-corrected chi connectivity index (χ3v) is 2.82. The lowest BCUT2D eigenvalue weighted by Crippen LogP contribution is -2.44. The lowest BCUT2D eigenvalue weighted by molar-refractivity contribution is 0.489. The highest BCUT2D eigenvalue weighted by atomic mass is 19.2. The average molecular weight is 236 g/mol. The summed E-state index contributed by atoms with van der Waals surface area (Å²) in [7, 11) is 0. The van der Waals surface area contributed by atoms with Gasteiger partial charge in [0.05, 0.1) is 18.8 Å². The van der Waals surface area contributed by atoms with E-state index in [2.05, 4.69) is 15.5 Å². The first-order valence-corrected chi connectivity index (χ1v) is 5.31. The first-order valence-electron chi connectivity index (χ1n) is 5.31. The molecule has 6 heteroatoms. The van der Waals surface area contributed by atoms with Crippen molar-refractivity contribution >= 4 is 11.7 Å². The van der Waals surface area contributed by atoms with Crippen molar-refractivity contribution in [2.24, 2.45) is 10.1 Å². The minimum Gasteiger partial charge on any atom is -0.334 e. The van der Waals surface area contributed by atoms with E-state index in [0.29, 0.717) is 17.8 Å². The number of aliphatic imine (C=N–C) groups is 1. The number of nitrogens with zero attached hydrogens (tertiary/aromatic N) is 3. The maximum Gasteiger partial charge on any atom is 0.215 e. The summed E-state index contributed by atoms with van der Waals surface area (Å²) in [5, 5.41) is 4.12. The summed E-state index contributed by atoms with van der Waals surface area (Å²) >= 11 is 0. The van der Waals surface area contributed by atoms with Gasteiger partial charge in [-0.2, -0.15) is 5.10 Å². The van der Waals surface area contributed by atoms with Crippen LogP contribution in [0.25, 0.3) is 0 Å². The zero-order valence-corrected chi connectivity index (χ0v) is 8.95. The molecule has 3 rings (SSSR count). The molecule has 0 fully saturated rings. The van der Waals surface area contributed by atoms with Gasteiger partial charge in [-0.05, 0) is 18.2 Å². The van der Waals surface area contributed by atoms with E-state index >= 15 is 0 Å². The number of fused-ring (bicyclic) bond motifs is 1. The van der Waals surface area contributed by atoms with Gasteiger partial charge in [0.1, 0.15) is 0 Å². The van der Waals surface area contributed by atoms with E-state index in [1.807, 2.05) is 4.90 Å². The molecular formula is C11H10F2N4. The summed E-state index contributed by atoms with van der Waals surface area (Å²) in [5.74, 6) is -0.955. The van der Waals surface area contributed by atoms with Gasteiger partial charge < -0.3 is 4.90 Å². The predicted molar refractivity (Wildman–Crippen MR) is 59.9 cm³/mol. The number of hydrogen-bond acceptors (Lipinski definition) is 4. The molecule has 0 saturated heterocycles. The normalized spacial score (nSPS) is 18.4. The van der Waals surface area contributed by atoms with E-state index in [4.69, 9.17) is 0 Å². The maximum absolute atomic E-state index is 13.1. The molecule has 0 atom stereocenters. The van der Waals surface area contributed by atoms with Crippen molar-refractivity contribution in [1.29, 1.82) is 0 Å². The lowest BCUT2D eigenvalue weighted by Gasteiger charge is -2.25. The van der Waals surface area contributed by atoms with E-state index in [0.717, 1.165) is 31.2 Å². The summed E-state index contributed by atoms with van der Waals surface area (Å²) in [5.41, 5.74) is 4.08. The molecule has 2 heterocycles. The monoisotopic (exact) mass is 236 g/mol. The Morgan fingerprint density at radius 2 is 2.12 bits per heavy atom. The van der Waals surface area contributed by atoms with Gasteiger partial charge in [0.2, 0.25) is 5.96 Å². The molecule has 4 nitrogen and oxygen atoms in total. The van der Waals surface area contributed by atoms with Crippen LogP contribution in [-0.4, -0.2) is 36.2 Å². The zero-order chi connectivity index (χ0) is 11.8. The minimum absolute atomic E-state index is 0.566. The van der Waals surface area contributed by atoms with Crippen molar-refractivity contribution in [1.82, 2.24) is 10.3 Å². The van der Waals surface area contributed by atoms with E-state index in [1.54, 1.807) is 0 Å². The Bertz CT molecular complexity index is 524. The van der Waals surface area contributed by atoms with Gasteiger partial charge in [-0.25, -0.2) is 19.2 Å². The fourth-order valence-electron chi connectivity index (χ4n) is 1.91. The molecule has 2 aliphatic heterocycles. The molecule has 1 aromatic rings. The van der Waals surface area contributed by atoms with Crippen LogP contribution in [0.5, 0.6) is 0 Å². The molecule has 0 saturated carbocycles. The molecule has 0 bridgehead atoms. The maximum atomic E-state index is 13.1. The van der Waals surface area contributed by atoms with E-state index in [1.165, 1.54) is 6.07 Å². The van der Waals surface area contributed by atoms with Crippen molar-refractivity contribution in [2.75, 3.05) is 19.6 Å². The second-order valence-electron chi connectivity index (χ2n) is 3.93. The number of halogens is 2. The van der Waals surface area contributed by atoms with Crippen molar-refractivity contribution in [3.63, 3.8) is 0 Å². The largest absolute Gasteiger partial charge is 0.334 e. The Kier molecular flexibility index (Phi) is 2.28. The highest BCUT2D eigenvalue weighted by Gasteiger charge is 2.23. The van der Waals surface area contributed by atoms with Crippen molar-refractivity contribution in [3.05, 3.63) is 35.4 Å². The quantitative estimate of drug-likeness (QED) is 0.788. The minimum atomic E-state index is -0.855. The SMILES string of the molecule is Fc1ccc(C2=NNC3=NCCN3C2)cc1F. The van der Waals surface area contributed by atoms with Gasteiger partial charge in [-0.15, -0.1) is 0 Å². The van der Waals surface area contributed by atoms with Crippen LogP contribution in [0.1, 0.15) is 5.56 Å². The van der Waals surface area contributed by atoms with Crippen LogP contribution in [0.15, 0.2) is 28.3 Å². The number of hydrogen-bond donors (Lipinski definition) is 1. The van der Waals surface area contributed by atoms with Gasteiger partial charge in [-0.1, -0.05) is 0 Å². The predicted octanol–water partition coefficient (Wildman–Crippen LogP) is 0.944. The standard InChI is InChI=1S/C11H10F2N4/c12-8-2-1-7(5-9(8)13)10-6-17-4-3-14-11(17)16-15-10/h1-2,5H,3-4,6H2,(H,14,16). The first kappa shape index (κ1) is 10.2. The Morgan fingerprint density at radius 1 is 1.24 bits per heavy atom. The van der Waals surface area contributed by atoms with Crippen molar-refractivity contribution < 1.29 is 8.78 Å². The number of hydrazone groups is 1. The molecule has 0 spiro atoms. The molecular weight excluding hydrogens is 226 g/mol. The molecule has 0 radical (unpaired) electrons. The second kappa shape index (κ2) is 3.80. The van der Waals surface area contributed by atoms with E-state index in [-0.39, 0.29) is 0 Å². The van der Waals surface area contributed by atoms with Crippen molar-refractivity contribution in [3.8, 4) is 0 Å². The molecule has 88 valence electrons. The van der Waals surface area contributed by atoms with Gasteiger partial charge >= 0.3 is 0 Å². The number of rotatable bonds is 1. The second-order valence-corrected chi connectivity index (χ2v) is 3.93. The van der Waals surface area contributed by atoms with Gasteiger partial charge in [0, 0.05) is 12.1 Å². The first-order chi connectivity index (χ1) is 8.24. The molecule has 2 aliphatic rings. The Labute approximate surface area is 96.6 Å². The van der Waals surface area contributed by atoms with E-state index in [9.17, 15) is 8.78 Å². The Balaban J connectivity index is 1.90. The zero-order valence-electron chi connectivity index (χ0n) is 8.95. The van der Waals surface area contributed by atoms with Crippen LogP contribution in [-0.2, 0) is 0 Å². The van der Waals surface area contributed by atoms with Gasteiger partial charge in [0.15, 0.2) is 11.6 Å². The van der Waals surface area contributed by atoms with Crippen LogP contribution < -0.4 is 5.43 Å². The van der Waals surface area contributed by atoms with Crippen LogP contribution in [0.4, 0.5) is 8.78 Å². The summed E-state index contributed by atoms with van der Waals surface area (Å²) < 4.78 is 25.9. The Hall–Kier alpha value is -1.98. The molecule has 0 amide bonds. The average Bonchev–Trinajstić information content (AvgIpc) is 2.79.